The van der Waals surface area contributed by atoms with Crippen LogP contribution in [0.3, 0.4) is 0 Å². The van der Waals surface area contributed by atoms with Crippen molar-refractivity contribution >= 4 is 11.6 Å². The van der Waals surface area contributed by atoms with Crippen molar-refractivity contribution < 1.29 is 14.6 Å². The topological polar surface area (TPSA) is 61.8 Å². The number of methoxy groups -OCH3 is 1. The molecule has 0 aliphatic carbocycles. The van der Waals surface area contributed by atoms with Gasteiger partial charge in [-0.15, -0.1) is 0 Å². The van der Waals surface area contributed by atoms with Crippen molar-refractivity contribution in [1.82, 2.24) is 4.90 Å². The molecule has 1 atom stereocenters. The number of ether oxygens (including phenoxy) is 1. The monoisotopic (exact) mass is 274 g/mol. The van der Waals surface area contributed by atoms with Crippen LogP contribution in [-0.4, -0.2) is 42.2 Å². The number of aromatic hydroxyl groups is 1. The molecule has 0 radical (unpaired) electrons. The maximum Gasteiger partial charge on any atom is 0.256 e. The van der Waals surface area contributed by atoms with E-state index in [4.69, 9.17) is 4.74 Å². The number of amides is 1. The highest BCUT2D eigenvalue weighted by molar-refractivity contribution is 6.01. The first-order chi connectivity index (χ1) is 9.63. The SMILES string of the molecule is C/C=C1\C[C@H]2CNc3cc(O)c(OC)cc3C(=O)N2C1. The lowest BCUT2D eigenvalue weighted by molar-refractivity contribution is 0.0752. The Morgan fingerprint density at radius 1 is 1.50 bits per heavy atom. The fourth-order valence-corrected chi connectivity index (χ4v) is 2.89. The molecule has 1 saturated heterocycles. The number of carbonyl (C=O) groups is 1. The maximum absolute atomic E-state index is 12.7. The second-order valence-electron chi connectivity index (χ2n) is 5.19. The summed E-state index contributed by atoms with van der Waals surface area (Å²) in [7, 11) is 1.48. The third-order valence-electron chi connectivity index (χ3n) is 4.06. The van der Waals surface area contributed by atoms with Crippen LogP contribution in [0.25, 0.3) is 0 Å². The molecular weight excluding hydrogens is 256 g/mol. The van der Waals surface area contributed by atoms with Crippen LogP contribution in [0.2, 0.25) is 0 Å². The molecule has 3 rings (SSSR count). The Kier molecular flexibility index (Phi) is 3.04. The number of rotatable bonds is 1. The van der Waals surface area contributed by atoms with Crippen molar-refractivity contribution in [2.75, 3.05) is 25.5 Å². The van der Waals surface area contributed by atoms with Crippen LogP contribution in [0.15, 0.2) is 23.8 Å². The molecular formula is C15H18N2O3. The van der Waals surface area contributed by atoms with E-state index in [1.807, 2.05) is 11.8 Å². The molecule has 0 saturated carbocycles. The Hall–Kier alpha value is -2.17. The first-order valence-electron chi connectivity index (χ1n) is 6.74. The summed E-state index contributed by atoms with van der Waals surface area (Å²) in [6, 6.07) is 3.34. The second kappa shape index (κ2) is 4.74. The zero-order chi connectivity index (χ0) is 14.3. The number of benzene rings is 1. The van der Waals surface area contributed by atoms with E-state index in [-0.39, 0.29) is 17.7 Å². The molecule has 1 amide bonds. The van der Waals surface area contributed by atoms with Gasteiger partial charge in [-0.05, 0) is 19.4 Å². The summed E-state index contributed by atoms with van der Waals surface area (Å²) in [6.45, 7) is 3.39. The zero-order valence-electron chi connectivity index (χ0n) is 11.6. The first-order valence-corrected chi connectivity index (χ1v) is 6.74. The fraction of sp³-hybridized carbons (Fsp3) is 0.400. The van der Waals surface area contributed by atoms with Gasteiger partial charge in [-0.2, -0.15) is 0 Å². The zero-order valence-corrected chi connectivity index (χ0v) is 11.6. The highest BCUT2D eigenvalue weighted by atomic mass is 16.5. The normalized spacial score (nSPS) is 23.1. The van der Waals surface area contributed by atoms with E-state index in [0.717, 1.165) is 6.42 Å². The number of fused-ring (bicyclic) bond motifs is 2. The van der Waals surface area contributed by atoms with Crippen molar-refractivity contribution in [3.63, 3.8) is 0 Å². The molecule has 0 aromatic heterocycles. The van der Waals surface area contributed by atoms with Crippen LogP contribution >= 0.6 is 0 Å². The Bertz CT molecular complexity index is 595. The molecule has 0 spiro atoms. The highest BCUT2D eigenvalue weighted by Gasteiger charge is 2.35. The van der Waals surface area contributed by atoms with Gasteiger partial charge in [-0.3, -0.25) is 4.79 Å². The third kappa shape index (κ3) is 1.90. The van der Waals surface area contributed by atoms with E-state index in [9.17, 15) is 9.90 Å². The lowest BCUT2D eigenvalue weighted by Gasteiger charge is -2.20. The van der Waals surface area contributed by atoms with Gasteiger partial charge in [0.1, 0.15) is 0 Å². The summed E-state index contributed by atoms with van der Waals surface area (Å²) in [6.07, 6.45) is 2.99. The van der Waals surface area contributed by atoms with Gasteiger partial charge in [-0.1, -0.05) is 11.6 Å². The van der Waals surface area contributed by atoms with Crippen molar-refractivity contribution in [3.8, 4) is 11.5 Å². The molecule has 1 aromatic carbocycles. The lowest BCUT2D eigenvalue weighted by Crippen LogP contribution is -2.36. The Morgan fingerprint density at radius 3 is 3.00 bits per heavy atom. The maximum atomic E-state index is 12.7. The predicted octanol–water partition coefficient (Wildman–Crippen LogP) is 1.99. The first kappa shape index (κ1) is 12.8. The van der Waals surface area contributed by atoms with Gasteiger partial charge < -0.3 is 20.1 Å². The number of hydrogen-bond acceptors (Lipinski definition) is 4. The van der Waals surface area contributed by atoms with Gasteiger partial charge in [0.15, 0.2) is 11.5 Å². The molecule has 5 heteroatoms. The molecule has 1 fully saturated rings. The third-order valence-corrected chi connectivity index (χ3v) is 4.06. The van der Waals surface area contributed by atoms with Gasteiger partial charge >= 0.3 is 0 Å². The van der Waals surface area contributed by atoms with Crippen LogP contribution in [0, 0.1) is 0 Å². The summed E-state index contributed by atoms with van der Waals surface area (Å²) in [5, 5.41) is 13.1. The van der Waals surface area contributed by atoms with Crippen LogP contribution in [0.1, 0.15) is 23.7 Å². The number of anilines is 1. The Balaban J connectivity index is 2.02. The van der Waals surface area contributed by atoms with Crippen LogP contribution < -0.4 is 10.1 Å². The van der Waals surface area contributed by atoms with E-state index in [1.165, 1.54) is 12.7 Å². The van der Waals surface area contributed by atoms with E-state index in [0.29, 0.717) is 30.1 Å². The van der Waals surface area contributed by atoms with E-state index < -0.39 is 0 Å². The molecule has 2 aliphatic rings. The van der Waals surface area contributed by atoms with Gasteiger partial charge in [0.05, 0.1) is 24.4 Å². The predicted molar refractivity (Wildman–Crippen MR) is 76.3 cm³/mol. The number of nitrogens with zero attached hydrogens (tertiary/aromatic N) is 1. The minimum absolute atomic E-state index is 0.00912. The highest BCUT2D eigenvalue weighted by Crippen LogP contribution is 2.36. The van der Waals surface area contributed by atoms with E-state index in [2.05, 4.69) is 11.4 Å². The summed E-state index contributed by atoms with van der Waals surface area (Å²) < 4.78 is 5.09. The van der Waals surface area contributed by atoms with Gasteiger partial charge in [0.25, 0.3) is 5.91 Å². The van der Waals surface area contributed by atoms with E-state index in [1.54, 1.807) is 12.1 Å². The Morgan fingerprint density at radius 2 is 2.30 bits per heavy atom. The Labute approximate surface area is 117 Å². The number of nitrogens with one attached hydrogen (secondary N) is 1. The van der Waals surface area contributed by atoms with Crippen molar-refractivity contribution in [2.45, 2.75) is 19.4 Å². The minimum Gasteiger partial charge on any atom is -0.504 e. The molecule has 20 heavy (non-hydrogen) atoms. The number of phenolic OH excluding ortho intramolecular Hbond substituents is 1. The second-order valence-corrected chi connectivity index (χ2v) is 5.19. The standard InChI is InChI=1S/C15H18N2O3/c1-3-9-4-10-7-16-12-6-13(18)14(20-2)5-11(12)15(19)17(10)8-9/h3,5-6,10,16,18H,4,7-8H2,1-2H3/b9-3+/t10-/m0/s1. The van der Waals surface area contributed by atoms with Crippen molar-refractivity contribution in [1.29, 1.82) is 0 Å². The molecule has 2 heterocycles. The van der Waals surface area contributed by atoms with Gasteiger partial charge in [0.2, 0.25) is 0 Å². The summed E-state index contributed by atoms with van der Waals surface area (Å²) in [4.78, 5) is 14.6. The fourth-order valence-electron chi connectivity index (χ4n) is 2.89. The molecule has 5 nitrogen and oxygen atoms in total. The molecule has 2 aliphatic heterocycles. The summed E-state index contributed by atoms with van der Waals surface area (Å²) in [5.41, 5.74) is 2.52. The summed E-state index contributed by atoms with van der Waals surface area (Å²) in [5.74, 6) is 0.357. The molecule has 106 valence electrons. The number of allylic oxidation sites excluding steroid dienone is 1. The molecule has 1 aromatic rings. The largest absolute Gasteiger partial charge is 0.504 e. The van der Waals surface area contributed by atoms with Crippen LogP contribution in [0.5, 0.6) is 11.5 Å². The number of phenols is 1. The summed E-state index contributed by atoms with van der Waals surface area (Å²) >= 11 is 0. The number of hydrogen-bond donors (Lipinski definition) is 2. The van der Waals surface area contributed by atoms with Crippen LogP contribution in [-0.2, 0) is 0 Å². The molecule has 2 N–H and O–H groups in total. The van der Waals surface area contributed by atoms with E-state index >= 15 is 0 Å². The quantitative estimate of drug-likeness (QED) is 0.769. The number of carbonyl (C=O) groups excluding carboxylic acids is 1. The van der Waals surface area contributed by atoms with Gasteiger partial charge in [-0.25, -0.2) is 0 Å². The average Bonchev–Trinajstić information content (AvgIpc) is 2.83. The van der Waals surface area contributed by atoms with Gasteiger partial charge in [0, 0.05) is 19.2 Å². The molecule has 0 unspecified atom stereocenters. The smallest absolute Gasteiger partial charge is 0.256 e. The minimum atomic E-state index is -0.00912. The van der Waals surface area contributed by atoms with Crippen molar-refractivity contribution in [3.05, 3.63) is 29.3 Å². The average molecular weight is 274 g/mol. The molecule has 0 bridgehead atoms. The lowest BCUT2D eigenvalue weighted by atomic mass is 10.1. The van der Waals surface area contributed by atoms with Crippen LogP contribution in [0.4, 0.5) is 5.69 Å². The van der Waals surface area contributed by atoms with Crippen molar-refractivity contribution in [2.24, 2.45) is 0 Å².